The van der Waals surface area contributed by atoms with Crippen LogP contribution in [-0.2, 0) is 0 Å². The Morgan fingerprint density at radius 1 is 1.24 bits per heavy atom. The molecule has 0 radical (unpaired) electrons. The maximum atomic E-state index is 13.5. The van der Waals surface area contributed by atoms with Crippen molar-refractivity contribution < 1.29 is 13.9 Å². The molecule has 1 aromatic rings. The van der Waals surface area contributed by atoms with Crippen LogP contribution in [0.4, 0.5) is 8.78 Å². The molecule has 17 heavy (non-hydrogen) atoms. The summed E-state index contributed by atoms with van der Waals surface area (Å²) < 4.78 is 26.9. The van der Waals surface area contributed by atoms with Gasteiger partial charge in [0.15, 0.2) is 0 Å². The molecule has 0 aliphatic carbocycles. The van der Waals surface area contributed by atoms with Crippen molar-refractivity contribution >= 4 is 24.0 Å². The van der Waals surface area contributed by atoms with Gasteiger partial charge in [-0.15, -0.1) is 12.4 Å². The Kier molecular flexibility index (Phi) is 6.34. The van der Waals surface area contributed by atoms with Gasteiger partial charge in [-0.2, -0.15) is 0 Å². The van der Waals surface area contributed by atoms with Gasteiger partial charge in [0.1, 0.15) is 11.6 Å². The summed E-state index contributed by atoms with van der Waals surface area (Å²) in [6, 6.07) is 0.858. The summed E-state index contributed by atoms with van der Waals surface area (Å²) in [5, 5.41) is 9.64. The Morgan fingerprint density at radius 3 is 2.00 bits per heavy atom. The molecule has 0 saturated heterocycles. The highest BCUT2D eigenvalue weighted by Crippen LogP contribution is 2.27. The van der Waals surface area contributed by atoms with Gasteiger partial charge in [0.05, 0.1) is 12.1 Å². The predicted octanol–water partition coefficient (Wildman–Crippen LogP) is 3.06. The van der Waals surface area contributed by atoms with E-state index in [0.29, 0.717) is 0 Å². The van der Waals surface area contributed by atoms with Gasteiger partial charge in [0.25, 0.3) is 0 Å². The van der Waals surface area contributed by atoms with Crippen LogP contribution < -0.4 is 5.73 Å². The van der Waals surface area contributed by atoms with E-state index >= 15 is 0 Å². The lowest BCUT2D eigenvalue weighted by Crippen LogP contribution is -2.32. The first-order chi connectivity index (χ1) is 7.34. The van der Waals surface area contributed by atoms with Crippen LogP contribution in [0.3, 0.4) is 0 Å². The molecule has 0 amide bonds. The van der Waals surface area contributed by atoms with Crippen molar-refractivity contribution in [3.8, 4) is 0 Å². The van der Waals surface area contributed by atoms with Gasteiger partial charge in [-0.25, -0.2) is 8.78 Å². The van der Waals surface area contributed by atoms with Gasteiger partial charge in [-0.1, -0.05) is 25.4 Å². The van der Waals surface area contributed by atoms with Crippen molar-refractivity contribution in [1.29, 1.82) is 0 Å². The molecule has 2 atom stereocenters. The number of aliphatic hydroxyl groups is 1. The van der Waals surface area contributed by atoms with Gasteiger partial charge in [0.2, 0.25) is 0 Å². The fourth-order valence-electron chi connectivity index (χ4n) is 1.46. The summed E-state index contributed by atoms with van der Waals surface area (Å²) in [4.78, 5) is 0. The van der Waals surface area contributed by atoms with Crippen LogP contribution in [-0.4, -0.2) is 11.2 Å². The number of hydrogen-bond acceptors (Lipinski definition) is 2. The first-order valence-corrected chi connectivity index (χ1v) is 5.30. The zero-order chi connectivity index (χ0) is 12.5. The lowest BCUT2D eigenvalue weighted by molar-refractivity contribution is 0.0952. The lowest BCUT2D eigenvalue weighted by atomic mass is 9.94. The largest absolute Gasteiger partial charge is 0.391 e. The fraction of sp³-hybridized carbons (Fsp3) is 0.455. The fourth-order valence-corrected chi connectivity index (χ4v) is 1.65. The topological polar surface area (TPSA) is 46.2 Å². The molecule has 6 heteroatoms. The minimum atomic E-state index is -1.10. The van der Waals surface area contributed by atoms with E-state index in [0.717, 1.165) is 12.1 Å². The molecule has 2 nitrogen and oxygen atoms in total. The summed E-state index contributed by atoms with van der Waals surface area (Å²) in [7, 11) is 0. The molecule has 0 unspecified atom stereocenters. The minimum Gasteiger partial charge on any atom is -0.391 e. The lowest BCUT2D eigenvalue weighted by Gasteiger charge is -2.23. The third-order valence-corrected chi connectivity index (χ3v) is 2.65. The molecule has 98 valence electrons. The van der Waals surface area contributed by atoms with E-state index in [1.807, 2.05) is 0 Å². The van der Waals surface area contributed by atoms with Crippen LogP contribution in [0.2, 0.25) is 5.02 Å². The number of aliphatic hydroxyl groups excluding tert-OH is 1. The van der Waals surface area contributed by atoms with E-state index < -0.39 is 23.8 Å². The summed E-state index contributed by atoms with van der Waals surface area (Å²) in [6.07, 6.45) is -1.01. The molecule has 1 aromatic carbocycles. The number of benzene rings is 1. The predicted molar refractivity (Wildman–Crippen MR) is 66.4 cm³/mol. The van der Waals surface area contributed by atoms with Crippen molar-refractivity contribution in [3.05, 3.63) is 34.4 Å². The van der Waals surface area contributed by atoms with Crippen molar-refractivity contribution in [3.63, 3.8) is 0 Å². The number of hydrogen-bond donors (Lipinski definition) is 2. The van der Waals surface area contributed by atoms with E-state index in [9.17, 15) is 13.9 Å². The van der Waals surface area contributed by atoms with Crippen LogP contribution in [0.25, 0.3) is 0 Å². The number of rotatable bonds is 3. The average Bonchev–Trinajstić information content (AvgIpc) is 2.14. The van der Waals surface area contributed by atoms with E-state index in [-0.39, 0.29) is 28.9 Å². The molecular weight excluding hydrogens is 271 g/mol. The number of halogens is 4. The highest BCUT2D eigenvalue weighted by molar-refractivity contribution is 6.30. The first-order valence-electron chi connectivity index (χ1n) is 4.92. The second-order valence-corrected chi connectivity index (χ2v) is 4.48. The third-order valence-electron chi connectivity index (χ3n) is 2.43. The van der Waals surface area contributed by atoms with Crippen LogP contribution in [0, 0.1) is 17.6 Å². The maximum absolute atomic E-state index is 13.5. The van der Waals surface area contributed by atoms with E-state index in [4.69, 9.17) is 17.3 Å². The maximum Gasteiger partial charge on any atom is 0.132 e. The highest BCUT2D eigenvalue weighted by atomic mass is 35.5. The van der Waals surface area contributed by atoms with Crippen molar-refractivity contribution in [1.82, 2.24) is 0 Å². The molecule has 3 N–H and O–H groups in total. The van der Waals surface area contributed by atoms with E-state index in [1.54, 1.807) is 13.8 Å². The molecule has 0 aliphatic heterocycles. The van der Waals surface area contributed by atoms with Gasteiger partial charge >= 0.3 is 0 Å². The SMILES string of the molecule is CC(C)[C@H](O)[C@H](N)c1c(F)cc(Cl)cc1F.Cl. The summed E-state index contributed by atoms with van der Waals surface area (Å²) >= 11 is 5.49. The summed E-state index contributed by atoms with van der Waals surface area (Å²) in [5.74, 6) is -1.86. The van der Waals surface area contributed by atoms with E-state index in [1.165, 1.54) is 0 Å². The zero-order valence-electron chi connectivity index (χ0n) is 9.45. The van der Waals surface area contributed by atoms with E-state index in [2.05, 4.69) is 0 Å². The Balaban J connectivity index is 0.00000256. The Bertz CT molecular complexity index is 365. The number of nitrogens with two attached hydrogens (primary N) is 1. The van der Waals surface area contributed by atoms with Crippen LogP contribution in [0.5, 0.6) is 0 Å². The van der Waals surface area contributed by atoms with Gasteiger partial charge in [-0.05, 0) is 18.1 Å². The molecule has 0 aliphatic rings. The van der Waals surface area contributed by atoms with Gasteiger partial charge < -0.3 is 10.8 Å². The zero-order valence-corrected chi connectivity index (χ0v) is 11.0. The molecule has 0 bridgehead atoms. The molecule has 0 fully saturated rings. The molecule has 0 spiro atoms. The average molecular weight is 286 g/mol. The smallest absolute Gasteiger partial charge is 0.132 e. The third kappa shape index (κ3) is 3.78. The van der Waals surface area contributed by atoms with Gasteiger partial charge in [-0.3, -0.25) is 0 Å². The van der Waals surface area contributed by atoms with Crippen molar-refractivity contribution in [2.24, 2.45) is 11.7 Å². The molecular formula is C11H15Cl2F2NO. The van der Waals surface area contributed by atoms with Crippen LogP contribution in [0.15, 0.2) is 12.1 Å². The monoisotopic (exact) mass is 285 g/mol. The van der Waals surface area contributed by atoms with Gasteiger partial charge in [0, 0.05) is 10.6 Å². The first kappa shape index (κ1) is 16.6. The Hall–Kier alpha value is -0.420. The van der Waals surface area contributed by atoms with Crippen LogP contribution in [0.1, 0.15) is 25.5 Å². The minimum absolute atomic E-state index is 0. The Morgan fingerprint density at radius 2 is 1.65 bits per heavy atom. The van der Waals surface area contributed by atoms with Crippen LogP contribution >= 0.6 is 24.0 Å². The Labute approximate surface area is 110 Å². The van der Waals surface area contributed by atoms with Crippen molar-refractivity contribution in [2.45, 2.75) is 26.0 Å². The quantitative estimate of drug-likeness (QED) is 0.897. The van der Waals surface area contributed by atoms with Crippen molar-refractivity contribution in [2.75, 3.05) is 0 Å². The summed E-state index contributed by atoms with van der Waals surface area (Å²) in [5.41, 5.74) is 5.29. The second-order valence-electron chi connectivity index (χ2n) is 4.04. The normalized spacial score (nSPS) is 14.4. The standard InChI is InChI=1S/C11H14ClF2NO.ClH/c1-5(2)11(16)10(15)9-7(13)3-6(12)4-8(9)14;/h3-5,10-11,16H,15H2,1-2H3;1H/t10-,11+;/m1./s1. The second kappa shape index (κ2) is 6.50. The molecule has 0 aromatic heterocycles. The molecule has 0 saturated carbocycles. The summed E-state index contributed by atoms with van der Waals surface area (Å²) in [6.45, 7) is 3.44. The molecule has 0 heterocycles. The highest BCUT2D eigenvalue weighted by Gasteiger charge is 2.26. The molecule has 1 rings (SSSR count).